The molecule has 4 rings (SSSR count). The number of urea groups is 1. The monoisotopic (exact) mass is 488 g/mol. The Kier molecular flexibility index (Phi) is 5.86. The van der Waals surface area contributed by atoms with Gasteiger partial charge in [0.2, 0.25) is 0 Å². The molecule has 1 aromatic heterocycles. The van der Waals surface area contributed by atoms with Crippen LogP contribution in [0.15, 0.2) is 24.4 Å². The highest BCUT2D eigenvalue weighted by atomic mass is 35.5. The van der Waals surface area contributed by atoms with Crippen LogP contribution >= 0.6 is 11.6 Å². The van der Waals surface area contributed by atoms with E-state index in [0.29, 0.717) is 39.3 Å². The third-order valence-corrected chi connectivity index (χ3v) is 5.83. The van der Waals surface area contributed by atoms with E-state index in [1.54, 1.807) is 4.57 Å². The number of benzene rings is 1. The van der Waals surface area contributed by atoms with E-state index >= 15 is 0 Å². The number of rotatable bonds is 4. The lowest BCUT2D eigenvalue weighted by atomic mass is 10.1. The average Bonchev–Trinajstić information content (AvgIpc) is 3.24. The summed E-state index contributed by atoms with van der Waals surface area (Å²) in [6.45, 7) is 4.61. The van der Waals surface area contributed by atoms with Crippen LogP contribution in [0.3, 0.4) is 0 Å². The number of hydrogen-bond acceptors (Lipinski definition) is 6. The molecule has 178 valence electrons. The standard InChI is InChI=1S/C19H20ClF3N6O4/c1-18(11-28-9-15(29(31)32)25-17(28)33-18)10-26-4-6-27(7-5-26)16(30)24-12-2-3-14(20)13(8-12)19(21,22)23/h2-3,8-9H,4-7,10-11H2,1H3,(H,24,30). The Morgan fingerprint density at radius 1 is 1.33 bits per heavy atom. The van der Waals surface area contributed by atoms with Gasteiger partial charge in [-0.2, -0.15) is 13.2 Å². The van der Waals surface area contributed by atoms with Crippen LogP contribution in [-0.4, -0.2) is 68.6 Å². The van der Waals surface area contributed by atoms with E-state index in [4.69, 9.17) is 16.3 Å². The van der Waals surface area contributed by atoms with Crippen molar-refractivity contribution >= 4 is 29.1 Å². The number of nitro groups is 1. The van der Waals surface area contributed by atoms with Crippen LogP contribution in [0.1, 0.15) is 12.5 Å². The predicted octanol–water partition coefficient (Wildman–Crippen LogP) is 3.46. The molecule has 2 aliphatic rings. The number of fused-ring (bicyclic) bond motifs is 1. The molecule has 1 N–H and O–H groups in total. The fourth-order valence-corrected chi connectivity index (χ4v) is 4.19. The van der Waals surface area contributed by atoms with E-state index in [1.165, 1.54) is 17.2 Å². The largest absolute Gasteiger partial charge is 0.436 e. The van der Waals surface area contributed by atoms with Gasteiger partial charge in [0.05, 0.1) is 17.1 Å². The molecule has 1 fully saturated rings. The molecule has 2 aromatic rings. The molecule has 3 heterocycles. The van der Waals surface area contributed by atoms with Crippen molar-refractivity contribution in [3.05, 3.63) is 45.1 Å². The Hall–Kier alpha value is -3.06. The fourth-order valence-electron chi connectivity index (χ4n) is 3.97. The summed E-state index contributed by atoms with van der Waals surface area (Å²) >= 11 is 5.61. The molecule has 2 amide bonds. The second kappa shape index (κ2) is 8.37. The number of alkyl halides is 3. The van der Waals surface area contributed by atoms with E-state index in [2.05, 4.69) is 15.2 Å². The van der Waals surface area contributed by atoms with Crippen LogP contribution in [0.25, 0.3) is 0 Å². The Bertz CT molecular complexity index is 1060. The van der Waals surface area contributed by atoms with Crippen LogP contribution in [-0.2, 0) is 12.7 Å². The first-order valence-electron chi connectivity index (χ1n) is 9.99. The van der Waals surface area contributed by atoms with Gasteiger partial charge >= 0.3 is 24.0 Å². The van der Waals surface area contributed by atoms with Crippen molar-refractivity contribution in [2.75, 3.05) is 38.0 Å². The van der Waals surface area contributed by atoms with Crippen molar-refractivity contribution < 1.29 is 27.6 Å². The SMILES string of the molecule is CC1(CN2CCN(C(=O)Nc3ccc(Cl)c(C(F)(F)F)c3)CC2)Cn2cc([N+](=O)[O-])nc2O1. The Balaban J connectivity index is 1.30. The van der Waals surface area contributed by atoms with Crippen molar-refractivity contribution in [1.29, 1.82) is 0 Å². The maximum atomic E-state index is 13.0. The predicted molar refractivity (Wildman–Crippen MR) is 111 cm³/mol. The van der Waals surface area contributed by atoms with Crippen molar-refractivity contribution in [2.45, 2.75) is 25.2 Å². The lowest BCUT2D eigenvalue weighted by Crippen LogP contribution is -2.54. The summed E-state index contributed by atoms with van der Waals surface area (Å²) in [5, 5.41) is 12.9. The summed E-state index contributed by atoms with van der Waals surface area (Å²) in [7, 11) is 0. The fraction of sp³-hybridized carbons (Fsp3) is 0.474. The van der Waals surface area contributed by atoms with Gasteiger partial charge in [0, 0.05) is 43.4 Å². The minimum Gasteiger partial charge on any atom is -0.436 e. The second-order valence-electron chi connectivity index (χ2n) is 8.20. The number of amides is 2. The van der Waals surface area contributed by atoms with Gasteiger partial charge in [0.1, 0.15) is 11.8 Å². The number of hydrogen-bond donors (Lipinski definition) is 1. The molecule has 0 spiro atoms. The van der Waals surface area contributed by atoms with Gasteiger partial charge in [-0.15, -0.1) is 0 Å². The van der Waals surface area contributed by atoms with Crippen molar-refractivity contribution in [2.24, 2.45) is 0 Å². The molecular weight excluding hydrogens is 469 g/mol. The van der Waals surface area contributed by atoms with Gasteiger partial charge in [0.15, 0.2) is 0 Å². The number of nitrogens with zero attached hydrogens (tertiary/aromatic N) is 5. The Morgan fingerprint density at radius 3 is 2.64 bits per heavy atom. The number of carbonyl (C=O) groups is 1. The first kappa shape index (κ1) is 23.1. The normalized spacial score (nSPS) is 20.9. The molecule has 10 nitrogen and oxygen atoms in total. The lowest BCUT2D eigenvalue weighted by molar-refractivity contribution is -0.389. The number of piperazine rings is 1. The third-order valence-electron chi connectivity index (χ3n) is 5.50. The third kappa shape index (κ3) is 4.98. The molecule has 0 saturated carbocycles. The molecule has 1 aromatic carbocycles. The number of ether oxygens (including phenoxy) is 1. The number of aromatic nitrogens is 2. The van der Waals surface area contributed by atoms with Crippen LogP contribution in [0, 0.1) is 10.1 Å². The molecule has 1 saturated heterocycles. The smallest absolute Gasteiger partial charge is 0.417 e. The molecule has 14 heteroatoms. The molecule has 0 aliphatic carbocycles. The van der Waals surface area contributed by atoms with Gasteiger partial charge < -0.3 is 25.1 Å². The van der Waals surface area contributed by atoms with E-state index in [1.807, 2.05) is 6.92 Å². The maximum absolute atomic E-state index is 13.0. The maximum Gasteiger partial charge on any atom is 0.417 e. The summed E-state index contributed by atoms with van der Waals surface area (Å²) in [6.07, 6.45) is -3.28. The first-order valence-corrected chi connectivity index (χ1v) is 10.4. The molecule has 1 atom stereocenters. The summed E-state index contributed by atoms with van der Waals surface area (Å²) < 4.78 is 46.5. The zero-order valence-corrected chi connectivity index (χ0v) is 18.2. The van der Waals surface area contributed by atoms with Crippen LogP contribution in [0.5, 0.6) is 6.01 Å². The molecule has 0 radical (unpaired) electrons. The van der Waals surface area contributed by atoms with E-state index in [-0.39, 0.29) is 17.5 Å². The Morgan fingerprint density at radius 2 is 2.03 bits per heavy atom. The quantitative estimate of drug-likeness (QED) is 0.522. The number of imidazole rings is 1. The minimum absolute atomic E-state index is 0.00883. The van der Waals surface area contributed by atoms with Crippen LogP contribution in [0.4, 0.5) is 29.5 Å². The highest BCUT2D eigenvalue weighted by molar-refractivity contribution is 6.31. The molecule has 1 unspecified atom stereocenters. The molecular formula is C19H20ClF3N6O4. The zero-order chi connectivity index (χ0) is 24.0. The van der Waals surface area contributed by atoms with Crippen LogP contribution in [0.2, 0.25) is 5.02 Å². The summed E-state index contributed by atoms with van der Waals surface area (Å²) in [4.78, 5) is 30.2. The number of nitrogens with one attached hydrogen (secondary N) is 1. The van der Waals surface area contributed by atoms with Gasteiger partial charge in [-0.3, -0.25) is 9.47 Å². The summed E-state index contributed by atoms with van der Waals surface area (Å²) in [6, 6.07) is 2.92. The van der Waals surface area contributed by atoms with Gasteiger partial charge in [-0.05, 0) is 30.0 Å². The lowest BCUT2D eigenvalue weighted by Gasteiger charge is -2.37. The van der Waals surface area contributed by atoms with Crippen molar-refractivity contribution in [3.63, 3.8) is 0 Å². The van der Waals surface area contributed by atoms with Crippen LogP contribution < -0.4 is 10.1 Å². The van der Waals surface area contributed by atoms with Gasteiger partial charge in [-0.1, -0.05) is 11.6 Å². The Labute approximate surface area is 191 Å². The van der Waals surface area contributed by atoms with E-state index in [0.717, 1.165) is 12.1 Å². The number of anilines is 1. The minimum atomic E-state index is -4.62. The zero-order valence-electron chi connectivity index (χ0n) is 17.4. The summed E-state index contributed by atoms with van der Waals surface area (Å²) in [5.41, 5.74) is -1.63. The van der Waals surface area contributed by atoms with E-state index < -0.39 is 33.3 Å². The molecule has 33 heavy (non-hydrogen) atoms. The summed E-state index contributed by atoms with van der Waals surface area (Å²) in [5.74, 6) is -0.269. The van der Waals surface area contributed by atoms with Crippen molar-refractivity contribution in [3.8, 4) is 6.01 Å². The second-order valence-corrected chi connectivity index (χ2v) is 8.61. The topological polar surface area (TPSA) is 106 Å². The number of halogens is 4. The van der Waals surface area contributed by atoms with E-state index in [9.17, 15) is 28.1 Å². The molecule has 2 aliphatic heterocycles. The average molecular weight is 489 g/mol. The number of carbonyl (C=O) groups excluding carboxylic acids is 1. The van der Waals surface area contributed by atoms with Gasteiger partial charge in [-0.25, -0.2) is 4.79 Å². The van der Waals surface area contributed by atoms with Crippen molar-refractivity contribution in [1.82, 2.24) is 19.4 Å². The molecule has 0 bridgehead atoms. The van der Waals surface area contributed by atoms with Gasteiger partial charge in [0.25, 0.3) is 0 Å². The first-order chi connectivity index (χ1) is 15.4. The highest BCUT2D eigenvalue weighted by Gasteiger charge is 2.42. The highest BCUT2D eigenvalue weighted by Crippen LogP contribution is 2.36.